The summed E-state index contributed by atoms with van der Waals surface area (Å²) in [6.45, 7) is 5.54. The summed E-state index contributed by atoms with van der Waals surface area (Å²) in [5.41, 5.74) is 2.28. The number of anilines is 2. The van der Waals surface area contributed by atoms with Crippen LogP contribution in [0.25, 0.3) is 0 Å². The van der Waals surface area contributed by atoms with Crippen LogP contribution >= 0.6 is 0 Å². The summed E-state index contributed by atoms with van der Waals surface area (Å²) in [6.07, 6.45) is 7.76. The number of hydrogen-bond acceptors (Lipinski definition) is 4. The first-order valence-corrected chi connectivity index (χ1v) is 9.47. The molecule has 26 heavy (non-hydrogen) atoms. The summed E-state index contributed by atoms with van der Waals surface area (Å²) in [4.78, 5) is 19.3. The Balaban J connectivity index is 1.79. The third-order valence-electron chi connectivity index (χ3n) is 4.81. The van der Waals surface area contributed by atoms with Crippen molar-refractivity contribution in [2.24, 2.45) is 0 Å². The number of aromatic nitrogens is 1. The van der Waals surface area contributed by atoms with Crippen molar-refractivity contribution in [3.8, 4) is 5.75 Å². The maximum atomic E-state index is 13.0. The van der Waals surface area contributed by atoms with Crippen LogP contribution in [0.5, 0.6) is 5.75 Å². The first-order chi connectivity index (χ1) is 12.7. The quantitative estimate of drug-likeness (QED) is 0.823. The molecule has 1 N–H and O–H groups in total. The highest BCUT2D eigenvalue weighted by atomic mass is 16.5. The number of nitrogens with one attached hydrogen (secondary N) is 1. The molecule has 1 fully saturated rings. The van der Waals surface area contributed by atoms with Gasteiger partial charge in [-0.1, -0.05) is 19.1 Å². The molecule has 1 aliphatic rings. The highest BCUT2D eigenvalue weighted by Crippen LogP contribution is 2.28. The van der Waals surface area contributed by atoms with Crippen LogP contribution in [0.1, 0.15) is 49.9 Å². The van der Waals surface area contributed by atoms with Crippen LogP contribution in [0.4, 0.5) is 11.4 Å². The van der Waals surface area contributed by atoms with Gasteiger partial charge in [-0.25, -0.2) is 0 Å². The number of likely N-dealkylation sites (tertiary alicyclic amines) is 1. The average molecular weight is 353 g/mol. The molecule has 0 saturated carbocycles. The number of carbonyl (C=O) groups excluding carboxylic acids is 1. The lowest BCUT2D eigenvalue weighted by atomic mass is 9.99. The third-order valence-corrected chi connectivity index (χ3v) is 4.81. The minimum Gasteiger partial charge on any atom is -0.492 e. The first-order valence-electron chi connectivity index (χ1n) is 9.47. The molecule has 1 aromatic carbocycles. The number of pyridine rings is 1. The van der Waals surface area contributed by atoms with Gasteiger partial charge in [-0.3, -0.25) is 9.78 Å². The number of nitrogens with zero attached hydrogens (tertiary/aromatic N) is 2. The van der Waals surface area contributed by atoms with Crippen LogP contribution in [0.2, 0.25) is 0 Å². The van der Waals surface area contributed by atoms with Crippen LogP contribution in [0.15, 0.2) is 42.7 Å². The summed E-state index contributed by atoms with van der Waals surface area (Å²) in [5.74, 6) is 0.861. The lowest BCUT2D eigenvalue weighted by molar-refractivity contribution is 0.0607. The monoisotopic (exact) mass is 353 g/mol. The van der Waals surface area contributed by atoms with E-state index in [1.807, 2.05) is 42.2 Å². The van der Waals surface area contributed by atoms with E-state index in [1.165, 1.54) is 6.42 Å². The molecule has 2 heterocycles. The van der Waals surface area contributed by atoms with Crippen molar-refractivity contribution < 1.29 is 9.53 Å². The number of benzene rings is 1. The van der Waals surface area contributed by atoms with Gasteiger partial charge in [0.25, 0.3) is 5.91 Å². The lowest BCUT2D eigenvalue weighted by Crippen LogP contribution is -2.43. The Labute approximate surface area is 155 Å². The molecule has 0 radical (unpaired) electrons. The third kappa shape index (κ3) is 4.15. The Morgan fingerprint density at radius 2 is 2.12 bits per heavy atom. The number of para-hydroxylation sites is 2. The Morgan fingerprint density at radius 3 is 2.92 bits per heavy atom. The summed E-state index contributed by atoms with van der Waals surface area (Å²) >= 11 is 0. The SMILES string of the molecule is CCOc1ccccc1Nc1cncc(C(=O)N2CCCCC2CC)c1. The first kappa shape index (κ1) is 18.2. The molecular weight excluding hydrogens is 326 g/mol. The molecule has 5 nitrogen and oxygen atoms in total. The van der Waals surface area contributed by atoms with Gasteiger partial charge in [0, 0.05) is 18.8 Å². The molecule has 1 aliphatic heterocycles. The zero-order valence-electron chi connectivity index (χ0n) is 15.6. The fraction of sp³-hybridized carbons (Fsp3) is 0.429. The molecule has 1 aromatic heterocycles. The summed E-state index contributed by atoms with van der Waals surface area (Å²) in [6, 6.07) is 9.99. The minimum atomic E-state index is 0.0748. The fourth-order valence-corrected chi connectivity index (χ4v) is 3.49. The molecule has 1 atom stereocenters. The standard InChI is InChI=1S/C21H27N3O2/c1-3-18-9-7-8-12-24(18)21(25)16-13-17(15-22-14-16)23-19-10-5-6-11-20(19)26-4-2/h5-6,10-11,13-15,18,23H,3-4,7-9,12H2,1-2H3. The zero-order chi connectivity index (χ0) is 18.4. The van der Waals surface area contributed by atoms with Crippen molar-refractivity contribution in [1.82, 2.24) is 9.88 Å². The van der Waals surface area contributed by atoms with Gasteiger partial charge in [-0.2, -0.15) is 0 Å². The molecule has 0 bridgehead atoms. The van der Waals surface area contributed by atoms with Gasteiger partial charge >= 0.3 is 0 Å². The van der Waals surface area contributed by atoms with Crippen molar-refractivity contribution in [3.05, 3.63) is 48.3 Å². The van der Waals surface area contributed by atoms with Gasteiger partial charge in [-0.05, 0) is 50.8 Å². The molecule has 0 spiro atoms. The van der Waals surface area contributed by atoms with Gasteiger partial charge in [0.1, 0.15) is 5.75 Å². The van der Waals surface area contributed by atoms with E-state index < -0.39 is 0 Å². The second-order valence-corrected chi connectivity index (χ2v) is 6.57. The van der Waals surface area contributed by atoms with Crippen LogP contribution < -0.4 is 10.1 Å². The number of rotatable bonds is 6. The topological polar surface area (TPSA) is 54.5 Å². The predicted octanol–water partition coefficient (Wildman–Crippen LogP) is 4.63. The van der Waals surface area contributed by atoms with Gasteiger partial charge in [0.05, 0.1) is 29.7 Å². The van der Waals surface area contributed by atoms with E-state index in [9.17, 15) is 4.79 Å². The van der Waals surface area contributed by atoms with E-state index in [0.717, 1.165) is 42.9 Å². The Hall–Kier alpha value is -2.56. The maximum Gasteiger partial charge on any atom is 0.255 e. The second kappa shape index (κ2) is 8.70. The van der Waals surface area contributed by atoms with Crippen LogP contribution in [-0.4, -0.2) is 35.0 Å². The van der Waals surface area contributed by atoms with Gasteiger partial charge in [0.15, 0.2) is 0 Å². The van der Waals surface area contributed by atoms with Gasteiger partial charge in [0.2, 0.25) is 0 Å². The smallest absolute Gasteiger partial charge is 0.255 e. The highest BCUT2D eigenvalue weighted by molar-refractivity contribution is 5.95. The molecule has 138 valence electrons. The Kier molecular flexibility index (Phi) is 6.10. The predicted molar refractivity (Wildman–Crippen MR) is 104 cm³/mol. The second-order valence-electron chi connectivity index (χ2n) is 6.57. The van der Waals surface area contributed by atoms with Crippen molar-refractivity contribution in [2.45, 2.75) is 45.6 Å². The van der Waals surface area contributed by atoms with E-state index in [-0.39, 0.29) is 5.91 Å². The lowest BCUT2D eigenvalue weighted by Gasteiger charge is -2.35. The zero-order valence-corrected chi connectivity index (χ0v) is 15.6. The number of hydrogen-bond donors (Lipinski definition) is 1. The number of piperidine rings is 1. The van der Waals surface area contributed by atoms with Crippen LogP contribution in [0.3, 0.4) is 0 Å². The van der Waals surface area contributed by atoms with E-state index in [0.29, 0.717) is 18.2 Å². The number of carbonyl (C=O) groups is 1. The van der Waals surface area contributed by atoms with E-state index in [4.69, 9.17) is 4.74 Å². The molecular formula is C21H27N3O2. The van der Waals surface area contributed by atoms with E-state index in [1.54, 1.807) is 12.4 Å². The highest BCUT2D eigenvalue weighted by Gasteiger charge is 2.26. The normalized spacial score (nSPS) is 17.0. The van der Waals surface area contributed by atoms with Crippen molar-refractivity contribution >= 4 is 17.3 Å². The molecule has 3 rings (SSSR count). The van der Waals surface area contributed by atoms with E-state index >= 15 is 0 Å². The van der Waals surface area contributed by atoms with Gasteiger partial charge in [-0.15, -0.1) is 0 Å². The summed E-state index contributed by atoms with van der Waals surface area (Å²) in [5, 5.41) is 3.32. The molecule has 1 amide bonds. The maximum absolute atomic E-state index is 13.0. The van der Waals surface area contributed by atoms with Crippen molar-refractivity contribution in [2.75, 3.05) is 18.5 Å². The summed E-state index contributed by atoms with van der Waals surface area (Å²) < 4.78 is 5.65. The minimum absolute atomic E-state index is 0.0748. The number of amides is 1. The molecule has 1 unspecified atom stereocenters. The average Bonchev–Trinajstić information content (AvgIpc) is 2.69. The molecule has 0 aliphatic carbocycles. The number of ether oxygens (including phenoxy) is 1. The van der Waals surface area contributed by atoms with Crippen molar-refractivity contribution in [1.29, 1.82) is 0 Å². The van der Waals surface area contributed by atoms with Crippen LogP contribution in [0, 0.1) is 0 Å². The summed E-state index contributed by atoms with van der Waals surface area (Å²) in [7, 11) is 0. The Morgan fingerprint density at radius 1 is 1.27 bits per heavy atom. The molecule has 2 aromatic rings. The molecule has 1 saturated heterocycles. The van der Waals surface area contributed by atoms with E-state index in [2.05, 4.69) is 17.2 Å². The molecule has 5 heteroatoms. The van der Waals surface area contributed by atoms with Crippen LogP contribution in [-0.2, 0) is 0 Å². The fourth-order valence-electron chi connectivity index (χ4n) is 3.49. The van der Waals surface area contributed by atoms with Gasteiger partial charge < -0.3 is 15.0 Å². The Bertz CT molecular complexity index is 748. The van der Waals surface area contributed by atoms with Crippen molar-refractivity contribution in [3.63, 3.8) is 0 Å². The largest absolute Gasteiger partial charge is 0.492 e.